The molecule has 2 rings (SSSR count). The van der Waals surface area contributed by atoms with Crippen LogP contribution in [-0.4, -0.2) is 15.7 Å². The van der Waals surface area contributed by atoms with Crippen LogP contribution in [0, 0.1) is 6.92 Å². The van der Waals surface area contributed by atoms with Gasteiger partial charge in [0.05, 0.1) is 17.5 Å². The van der Waals surface area contributed by atoms with Gasteiger partial charge in [-0.2, -0.15) is 5.10 Å². The second kappa shape index (κ2) is 4.02. The van der Waals surface area contributed by atoms with Crippen molar-refractivity contribution < 1.29 is 9.21 Å². The molecule has 5 nitrogen and oxygen atoms in total. The predicted octanol–water partition coefficient (Wildman–Crippen LogP) is 2.23. The fourth-order valence-electron chi connectivity index (χ4n) is 1.37. The zero-order valence-electron chi connectivity index (χ0n) is 8.82. The molecular weight excluding hydrogens is 230 g/mol. The Morgan fingerprint density at radius 2 is 2.38 bits per heavy atom. The monoisotopic (exact) mass is 239 g/mol. The number of carbonyl (C=O) groups excluding carboxylic acids is 1. The first-order valence-electron chi connectivity index (χ1n) is 4.63. The van der Waals surface area contributed by atoms with Crippen molar-refractivity contribution >= 4 is 23.3 Å². The second-order valence-corrected chi connectivity index (χ2v) is 3.70. The van der Waals surface area contributed by atoms with Gasteiger partial charge in [0.1, 0.15) is 5.82 Å². The summed E-state index contributed by atoms with van der Waals surface area (Å²) in [4.78, 5) is 11.8. The molecule has 0 bridgehead atoms. The Balaban J connectivity index is 2.20. The molecule has 0 unspecified atom stereocenters. The number of furan rings is 1. The van der Waals surface area contributed by atoms with Crippen molar-refractivity contribution in [2.75, 3.05) is 5.32 Å². The number of aromatic nitrogens is 2. The van der Waals surface area contributed by atoms with Gasteiger partial charge in [0, 0.05) is 13.1 Å². The number of nitrogens with one attached hydrogen (secondary N) is 1. The molecule has 0 aliphatic heterocycles. The number of hydrogen-bond acceptors (Lipinski definition) is 3. The van der Waals surface area contributed by atoms with Crippen LogP contribution in [0.4, 0.5) is 5.82 Å². The van der Waals surface area contributed by atoms with Crippen molar-refractivity contribution in [2.45, 2.75) is 6.92 Å². The van der Waals surface area contributed by atoms with Crippen LogP contribution in [0.15, 0.2) is 22.8 Å². The van der Waals surface area contributed by atoms with Crippen molar-refractivity contribution in [3.8, 4) is 0 Å². The summed E-state index contributed by atoms with van der Waals surface area (Å²) >= 11 is 5.70. The predicted molar refractivity (Wildman–Crippen MR) is 59.6 cm³/mol. The summed E-state index contributed by atoms with van der Waals surface area (Å²) in [5, 5.41) is 6.88. The zero-order chi connectivity index (χ0) is 11.7. The summed E-state index contributed by atoms with van der Waals surface area (Å²) in [6.45, 7) is 1.85. The van der Waals surface area contributed by atoms with Crippen LogP contribution in [0.25, 0.3) is 0 Å². The van der Waals surface area contributed by atoms with Gasteiger partial charge in [-0.3, -0.25) is 9.48 Å². The van der Waals surface area contributed by atoms with E-state index in [1.54, 1.807) is 17.8 Å². The Kier molecular flexibility index (Phi) is 2.70. The SMILES string of the molecule is Cc1cc(NC(=O)c2ccoc2Cl)n(C)n1. The molecule has 0 saturated heterocycles. The Morgan fingerprint density at radius 3 is 2.88 bits per heavy atom. The molecule has 0 aromatic carbocycles. The van der Waals surface area contributed by atoms with E-state index in [2.05, 4.69) is 10.4 Å². The molecule has 0 atom stereocenters. The highest BCUT2D eigenvalue weighted by atomic mass is 35.5. The van der Waals surface area contributed by atoms with Crippen molar-refractivity contribution in [2.24, 2.45) is 7.05 Å². The lowest BCUT2D eigenvalue weighted by molar-refractivity contribution is 0.102. The molecule has 84 valence electrons. The van der Waals surface area contributed by atoms with Gasteiger partial charge in [-0.15, -0.1) is 0 Å². The van der Waals surface area contributed by atoms with Crippen LogP contribution in [0.2, 0.25) is 5.22 Å². The van der Waals surface area contributed by atoms with E-state index in [1.165, 1.54) is 12.3 Å². The van der Waals surface area contributed by atoms with Gasteiger partial charge >= 0.3 is 0 Å². The van der Waals surface area contributed by atoms with Gasteiger partial charge in [0.2, 0.25) is 5.22 Å². The first-order valence-corrected chi connectivity index (χ1v) is 5.00. The number of rotatable bonds is 2. The molecule has 0 aliphatic carbocycles. The van der Waals surface area contributed by atoms with Crippen molar-refractivity contribution in [3.63, 3.8) is 0 Å². The molecule has 16 heavy (non-hydrogen) atoms. The lowest BCUT2D eigenvalue weighted by Gasteiger charge is -2.03. The molecule has 0 spiro atoms. The van der Waals surface area contributed by atoms with Crippen molar-refractivity contribution in [3.05, 3.63) is 34.9 Å². The Bertz CT molecular complexity index is 530. The largest absolute Gasteiger partial charge is 0.452 e. The average Bonchev–Trinajstić information content (AvgIpc) is 2.74. The minimum absolute atomic E-state index is 0.0800. The second-order valence-electron chi connectivity index (χ2n) is 3.36. The number of anilines is 1. The Labute approximate surface area is 97.0 Å². The third-order valence-electron chi connectivity index (χ3n) is 2.11. The van der Waals surface area contributed by atoms with Crippen LogP contribution >= 0.6 is 11.6 Å². The summed E-state index contributed by atoms with van der Waals surface area (Å²) in [5.41, 5.74) is 1.14. The highest BCUT2D eigenvalue weighted by Crippen LogP contribution is 2.18. The molecule has 6 heteroatoms. The van der Waals surface area contributed by atoms with Gasteiger partial charge in [-0.05, 0) is 24.6 Å². The minimum atomic E-state index is -0.318. The van der Waals surface area contributed by atoms with Gasteiger partial charge in [0.25, 0.3) is 5.91 Å². The molecule has 0 fully saturated rings. The van der Waals surface area contributed by atoms with E-state index < -0.39 is 0 Å². The molecule has 2 aromatic rings. The maximum absolute atomic E-state index is 11.8. The smallest absolute Gasteiger partial charge is 0.261 e. The first kappa shape index (κ1) is 10.8. The van der Waals surface area contributed by atoms with E-state index in [9.17, 15) is 4.79 Å². The topological polar surface area (TPSA) is 60.1 Å². The quantitative estimate of drug-likeness (QED) is 0.874. The van der Waals surface area contributed by atoms with Gasteiger partial charge in [-0.1, -0.05) is 0 Å². The lowest BCUT2D eigenvalue weighted by Crippen LogP contribution is -2.14. The number of amides is 1. The average molecular weight is 240 g/mol. The summed E-state index contributed by atoms with van der Waals surface area (Å²) in [7, 11) is 1.75. The summed E-state index contributed by atoms with van der Waals surface area (Å²) < 4.78 is 6.43. The van der Waals surface area contributed by atoms with E-state index in [0.717, 1.165) is 5.69 Å². The van der Waals surface area contributed by atoms with E-state index in [0.29, 0.717) is 11.4 Å². The third-order valence-corrected chi connectivity index (χ3v) is 2.40. The minimum Gasteiger partial charge on any atom is -0.452 e. The molecule has 1 amide bonds. The fraction of sp³-hybridized carbons (Fsp3) is 0.200. The standard InChI is InChI=1S/C10H10ClN3O2/c1-6-5-8(14(2)13-6)12-10(15)7-3-4-16-9(7)11/h3-5H,1-2H3,(H,12,15). The molecule has 1 N–H and O–H groups in total. The lowest BCUT2D eigenvalue weighted by atomic mass is 10.3. The zero-order valence-corrected chi connectivity index (χ0v) is 9.58. The van der Waals surface area contributed by atoms with Gasteiger partial charge in [-0.25, -0.2) is 0 Å². The number of aryl methyl sites for hydroxylation is 2. The van der Waals surface area contributed by atoms with Crippen LogP contribution in [0.1, 0.15) is 16.1 Å². The van der Waals surface area contributed by atoms with Crippen LogP contribution in [-0.2, 0) is 7.05 Å². The molecule has 2 heterocycles. The summed E-state index contributed by atoms with van der Waals surface area (Å²) in [6.07, 6.45) is 1.37. The molecule has 2 aromatic heterocycles. The third kappa shape index (κ3) is 1.94. The molecular formula is C10H10ClN3O2. The van der Waals surface area contributed by atoms with E-state index >= 15 is 0 Å². The maximum atomic E-state index is 11.8. The van der Waals surface area contributed by atoms with Crippen molar-refractivity contribution in [1.82, 2.24) is 9.78 Å². The first-order chi connectivity index (χ1) is 7.58. The van der Waals surface area contributed by atoms with E-state index in [4.69, 9.17) is 16.0 Å². The normalized spacial score (nSPS) is 10.4. The molecule has 0 saturated carbocycles. The van der Waals surface area contributed by atoms with E-state index in [-0.39, 0.29) is 11.1 Å². The number of halogens is 1. The molecule has 0 radical (unpaired) electrons. The highest BCUT2D eigenvalue weighted by molar-refractivity contribution is 6.32. The summed E-state index contributed by atoms with van der Waals surface area (Å²) in [5.74, 6) is 0.293. The number of carbonyl (C=O) groups is 1. The Morgan fingerprint density at radius 1 is 1.62 bits per heavy atom. The molecule has 0 aliphatic rings. The van der Waals surface area contributed by atoms with Gasteiger partial charge < -0.3 is 9.73 Å². The van der Waals surface area contributed by atoms with Gasteiger partial charge in [0.15, 0.2) is 0 Å². The van der Waals surface area contributed by atoms with E-state index in [1.807, 2.05) is 6.92 Å². The maximum Gasteiger partial charge on any atom is 0.261 e. The number of hydrogen-bond donors (Lipinski definition) is 1. The Hall–Kier alpha value is -1.75. The highest BCUT2D eigenvalue weighted by Gasteiger charge is 2.14. The van der Waals surface area contributed by atoms with Crippen LogP contribution < -0.4 is 5.32 Å². The van der Waals surface area contributed by atoms with Crippen LogP contribution in [0.3, 0.4) is 0 Å². The van der Waals surface area contributed by atoms with Crippen LogP contribution in [0.5, 0.6) is 0 Å². The fourth-order valence-corrected chi connectivity index (χ4v) is 1.57. The number of nitrogens with zero attached hydrogens (tertiary/aromatic N) is 2. The van der Waals surface area contributed by atoms with Crippen molar-refractivity contribution in [1.29, 1.82) is 0 Å². The summed E-state index contributed by atoms with van der Waals surface area (Å²) in [6, 6.07) is 3.28.